The lowest BCUT2D eigenvalue weighted by atomic mass is 9.85. The average molecular weight is 496 g/mol. The van der Waals surface area contributed by atoms with E-state index in [1.807, 2.05) is 43.3 Å². The van der Waals surface area contributed by atoms with Gasteiger partial charge in [-0.1, -0.05) is 44.1 Å². The van der Waals surface area contributed by atoms with E-state index in [2.05, 4.69) is 5.32 Å². The van der Waals surface area contributed by atoms with Gasteiger partial charge in [-0.05, 0) is 49.8 Å². The van der Waals surface area contributed by atoms with Crippen molar-refractivity contribution in [1.82, 2.24) is 15.1 Å². The first-order valence-electron chi connectivity index (χ1n) is 13.2. The Balaban J connectivity index is 1.49. The molecule has 1 aromatic rings. The minimum atomic E-state index is -0.638. The second-order valence-electron chi connectivity index (χ2n) is 10.0. The SMILES string of the molecule is CC[C@H](C(=O)NC1CCCC1)N(Cc1cccc(OC)c1)C(=O)CCN1C(=O)[C@H]2CC=CC[C@H]2C1=O. The number of benzene rings is 1. The fourth-order valence-electron chi connectivity index (χ4n) is 5.69. The molecule has 3 atom stereocenters. The highest BCUT2D eigenvalue weighted by Crippen LogP contribution is 2.35. The molecule has 1 saturated carbocycles. The minimum absolute atomic E-state index is 0.0124. The fourth-order valence-corrected chi connectivity index (χ4v) is 5.69. The summed E-state index contributed by atoms with van der Waals surface area (Å²) >= 11 is 0. The van der Waals surface area contributed by atoms with Crippen molar-refractivity contribution in [2.75, 3.05) is 13.7 Å². The predicted molar refractivity (Wildman–Crippen MR) is 135 cm³/mol. The molecule has 0 unspecified atom stereocenters. The van der Waals surface area contributed by atoms with Crippen molar-refractivity contribution in [2.45, 2.75) is 76.9 Å². The van der Waals surface area contributed by atoms with Gasteiger partial charge in [-0.15, -0.1) is 0 Å². The van der Waals surface area contributed by atoms with Crippen molar-refractivity contribution in [3.8, 4) is 5.75 Å². The summed E-state index contributed by atoms with van der Waals surface area (Å²) in [6, 6.07) is 6.95. The first-order valence-corrected chi connectivity index (χ1v) is 13.2. The number of carbonyl (C=O) groups excluding carboxylic acids is 4. The fraction of sp³-hybridized carbons (Fsp3) is 0.571. The lowest BCUT2D eigenvalue weighted by molar-refractivity contribution is -0.144. The molecule has 2 fully saturated rings. The molecule has 194 valence electrons. The zero-order chi connectivity index (χ0) is 25.7. The molecule has 3 aliphatic rings. The summed E-state index contributed by atoms with van der Waals surface area (Å²) < 4.78 is 5.34. The van der Waals surface area contributed by atoms with Crippen LogP contribution in [0.1, 0.15) is 63.9 Å². The van der Waals surface area contributed by atoms with Crippen LogP contribution in [0.15, 0.2) is 36.4 Å². The summed E-state index contributed by atoms with van der Waals surface area (Å²) in [6.45, 7) is 2.18. The number of ether oxygens (including phenoxy) is 1. The number of rotatable bonds is 10. The number of likely N-dealkylation sites (tertiary alicyclic amines) is 1. The highest BCUT2D eigenvalue weighted by Gasteiger charge is 2.47. The molecule has 0 radical (unpaired) electrons. The van der Waals surface area contributed by atoms with E-state index < -0.39 is 6.04 Å². The standard InChI is InChI=1S/C28H37N3O5/c1-3-24(26(33)29-20-10-4-5-11-20)31(18-19-9-8-12-21(17-19)36-2)25(32)15-16-30-27(34)22-13-6-7-14-23(22)28(30)35/h6-9,12,17,20,22-24H,3-5,10-11,13-16,18H2,1-2H3,(H,29,33)/t22-,23+,24-/m1/s1. The molecule has 0 bridgehead atoms. The van der Waals surface area contributed by atoms with Gasteiger partial charge in [-0.2, -0.15) is 0 Å². The summed E-state index contributed by atoms with van der Waals surface area (Å²) in [5.74, 6) is -0.726. The number of methoxy groups -OCH3 is 1. The zero-order valence-corrected chi connectivity index (χ0v) is 21.3. The Kier molecular flexibility index (Phi) is 8.44. The molecule has 1 aromatic carbocycles. The van der Waals surface area contributed by atoms with Crippen LogP contribution in [-0.2, 0) is 25.7 Å². The van der Waals surface area contributed by atoms with Crippen LogP contribution < -0.4 is 10.1 Å². The quantitative estimate of drug-likeness (QED) is 0.397. The van der Waals surface area contributed by atoms with E-state index in [0.717, 1.165) is 31.2 Å². The van der Waals surface area contributed by atoms with Crippen LogP contribution in [0.2, 0.25) is 0 Å². The number of hydrogen-bond acceptors (Lipinski definition) is 5. The summed E-state index contributed by atoms with van der Waals surface area (Å²) in [7, 11) is 1.59. The Morgan fingerprint density at radius 1 is 1.11 bits per heavy atom. The third kappa shape index (κ3) is 5.63. The maximum absolute atomic E-state index is 13.6. The van der Waals surface area contributed by atoms with Gasteiger partial charge in [0.1, 0.15) is 11.8 Å². The normalized spacial score (nSPS) is 22.4. The Bertz CT molecular complexity index is 990. The topological polar surface area (TPSA) is 96.0 Å². The summed E-state index contributed by atoms with van der Waals surface area (Å²) in [5.41, 5.74) is 0.847. The van der Waals surface area contributed by atoms with Crippen LogP contribution >= 0.6 is 0 Å². The third-order valence-electron chi connectivity index (χ3n) is 7.72. The predicted octanol–water partition coefficient (Wildman–Crippen LogP) is 3.20. The van der Waals surface area contributed by atoms with E-state index in [0.29, 0.717) is 25.0 Å². The Morgan fingerprint density at radius 3 is 2.39 bits per heavy atom. The second-order valence-corrected chi connectivity index (χ2v) is 10.0. The molecule has 0 spiro atoms. The van der Waals surface area contributed by atoms with Crippen LogP contribution in [0, 0.1) is 11.8 Å². The first kappa shape index (κ1) is 25.9. The van der Waals surface area contributed by atoms with Crippen molar-refractivity contribution in [1.29, 1.82) is 0 Å². The molecule has 1 saturated heterocycles. The van der Waals surface area contributed by atoms with Gasteiger partial charge in [0.15, 0.2) is 0 Å². The van der Waals surface area contributed by atoms with Gasteiger partial charge in [0.2, 0.25) is 23.6 Å². The third-order valence-corrected chi connectivity index (χ3v) is 7.72. The van der Waals surface area contributed by atoms with Crippen LogP contribution in [-0.4, -0.2) is 59.2 Å². The molecule has 1 aliphatic heterocycles. The van der Waals surface area contributed by atoms with Gasteiger partial charge in [0.05, 0.1) is 18.9 Å². The number of imide groups is 1. The van der Waals surface area contributed by atoms with Crippen molar-refractivity contribution in [2.24, 2.45) is 11.8 Å². The molecule has 1 heterocycles. The molecular formula is C28H37N3O5. The first-order chi connectivity index (χ1) is 17.4. The minimum Gasteiger partial charge on any atom is -0.497 e. The van der Waals surface area contributed by atoms with Crippen LogP contribution in [0.3, 0.4) is 0 Å². The number of hydrogen-bond donors (Lipinski definition) is 1. The van der Waals surface area contributed by atoms with Crippen molar-refractivity contribution in [3.05, 3.63) is 42.0 Å². The number of allylic oxidation sites excluding steroid dienone is 2. The number of nitrogens with zero attached hydrogens (tertiary/aromatic N) is 2. The molecular weight excluding hydrogens is 458 g/mol. The molecule has 8 heteroatoms. The average Bonchev–Trinajstić information content (AvgIpc) is 3.49. The molecule has 0 aromatic heterocycles. The van der Waals surface area contributed by atoms with Crippen LogP contribution in [0.4, 0.5) is 0 Å². The van der Waals surface area contributed by atoms with Gasteiger partial charge < -0.3 is 15.0 Å². The van der Waals surface area contributed by atoms with E-state index in [1.165, 1.54) is 4.90 Å². The monoisotopic (exact) mass is 495 g/mol. The smallest absolute Gasteiger partial charge is 0.243 e. The van der Waals surface area contributed by atoms with E-state index in [4.69, 9.17) is 4.74 Å². The van der Waals surface area contributed by atoms with Gasteiger partial charge >= 0.3 is 0 Å². The lowest BCUT2D eigenvalue weighted by Crippen LogP contribution is -2.51. The number of carbonyl (C=O) groups is 4. The maximum atomic E-state index is 13.6. The van der Waals surface area contributed by atoms with Gasteiger partial charge in [0.25, 0.3) is 0 Å². The highest BCUT2D eigenvalue weighted by molar-refractivity contribution is 6.05. The second kappa shape index (κ2) is 11.7. The highest BCUT2D eigenvalue weighted by atomic mass is 16.5. The number of amides is 4. The van der Waals surface area contributed by atoms with E-state index in [1.54, 1.807) is 12.0 Å². The largest absolute Gasteiger partial charge is 0.497 e. The van der Waals surface area contributed by atoms with Crippen molar-refractivity contribution >= 4 is 23.6 Å². The van der Waals surface area contributed by atoms with Crippen LogP contribution in [0.25, 0.3) is 0 Å². The van der Waals surface area contributed by atoms with E-state index in [9.17, 15) is 19.2 Å². The number of fused-ring (bicyclic) bond motifs is 1. The van der Waals surface area contributed by atoms with E-state index >= 15 is 0 Å². The summed E-state index contributed by atoms with van der Waals surface area (Å²) in [5, 5.41) is 3.14. The van der Waals surface area contributed by atoms with Crippen molar-refractivity contribution in [3.63, 3.8) is 0 Å². The molecule has 1 N–H and O–H groups in total. The molecule has 4 rings (SSSR count). The molecule has 8 nitrogen and oxygen atoms in total. The summed E-state index contributed by atoms with van der Waals surface area (Å²) in [6.07, 6.45) is 9.62. The molecule has 36 heavy (non-hydrogen) atoms. The Morgan fingerprint density at radius 2 is 1.78 bits per heavy atom. The van der Waals surface area contributed by atoms with E-state index in [-0.39, 0.29) is 61.0 Å². The number of nitrogens with one attached hydrogen (secondary N) is 1. The molecule has 2 aliphatic carbocycles. The maximum Gasteiger partial charge on any atom is 0.243 e. The molecule has 4 amide bonds. The van der Waals surface area contributed by atoms with Gasteiger partial charge in [-0.3, -0.25) is 24.1 Å². The lowest BCUT2D eigenvalue weighted by Gasteiger charge is -2.32. The Labute approximate surface area is 213 Å². The zero-order valence-electron chi connectivity index (χ0n) is 21.3. The summed E-state index contributed by atoms with van der Waals surface area (Å²) in [4.78, 5) is 55.4. The van der Waals surface area contributed by atoms with Crippen LogP contribution in [0.5, 0.6) is 5.75 Å². The van der Waals surface area contributed by atoms with Crippen molar-refractivity contribution < 1.29 is 23.9 Å². The van der Waals surface area contributed by atoms with Gasteiger partial charge in [0, 0.05) is 25.6 Å². The Hall–Kier alpha value is -3.16. The van der Waals surface area contributed by atoms with Gasteiger partial charge in [-0.25, -0.2) is 0 Å².